The van der Waals surface area contributed by atoms with Gasteiger partial charge < -0.3 is 19.9 Å². The summed E-state index contributed by atoms with van der Waals surface area (Å²) in [6, 6.07) is 7.53. The fraction of sp³-hybridized carbons (Fsp3) is 0.625. The van der Waals surface area contributed by atoms with E-state index in [0.29, 0.717) is 18.0 Å². The second kappa shape index (κ2) is 7.13. The third-order valence-corrected chi connectivity index (χ3v) is 7.61. The molecule has 1 aliphatic heterocycles. The van der Waals surface area contributed by atoms with Gasteiger partial charge in [0.05, 0.1) is 18.1 Å². The van der Waals surface area contributed by atoms with Gasteiger partial charge in [-0.2, -0.15) is 0 Å². The molecule has 0 spiro atoms. The summed E-state index contributed by atoms with van der Waals surface area (Å²) in [6.07, 6.45) is 6.63. The summed E-state index contributed by atoms with van der Waals surface area (Å²) in [5.41, 5.74) is 4.20. The second-order valence-electron chi connectivity index (χ2n) is 9.76. The number of aromatic nitrogens is 1. The molecule has 2 aliphatic carbocycles. The number of fused-ring (bicyclic) bond motifs is 2. The van der Waals surface area contributed by atoms with Gasteiger partial charge in [-0.15, -0.1) is 0 Å². The van der Waals surface area contributed by atoms with Crippen LogP contribution in [0.4, 0.5) is 0 Å². The Hall–Kier alpha value is -1.85. The zero-order valence-corrected chi connectivity index (χ0v) is 17.8. The average molecular weight is 396 g/mol. The van der Waals surface area contributed by atoms with Crippen LogP contribution in [0.15, 0.2) is 24.4 Å². The van der Waals surface area contributed by atoms with Gasteiger partial charge in [-0.3, -0.25) is 4.79 Å². The average Bonchev–Trinajstić information content (AvgIpc) is 3.27. The molecule has 5 heteroatoms. The van der Waals surface area contributed by atoms with Gasteiger partial charge in [-0.1, -0.05) is 12.1 Å². The fourth-order valence-corrected chi connectivity index (χ4v) is 6.10. The number of likely N-dealkylation sites (tertiary alicyclic amines) is 1. The Bertz CT molecular complexity index is 934. The van der Waals surface area contributed by atoms with Crippen LogP contribution in [0.1, 0.15) is 62.6 Å². The van der Waals surface area contributed by atoms with E-state index in [0.717, 1.165) is 38.6 Å². The summed E-state index contributed by atoms with van der Waals surface area (Å²) in [4.78, 5) is 15.4. The molecule has 1 aromatic carbocycles. The van der Waals surface area contributed by atoms with Crippen molar-refractivity contribution in [1.29, 1.82) is 0 Å². The largest absolute Gasteiger partial charge is 0.391 e. The molecule has 5 nitrogen and oxygen atoms in total. The molecular formula is C24H33N3O2. The molecule has 5 unspecified atom stereocenters. The Kier molecular flexibility index (Phi) is 4.71. The van der Waals surface area contributed by atoms with E-state index >= 15 is 0 Å². The van der Waals surface area contributed by atoms with Crippen molar-refractivity contribution in [1.82, 2.24) is 14.8 Å². The van der Waals surface area contributed by atoms with Crippen LogP contribution >= 0.6 is 0 Å². The molecule has 156 valence electrons. The topological polar surface area (TPSA) is 57.5 Å². The molecule has 5 atom stereocenters. The third-order valence-electron chi connectivity index (χ3n) is 7.61. The first-order chi connectivity index (χ1) is 13.9. The normalized spacial score (nSPS) is 32.0. The van der Waals surface area contributed by atoms with Crippen molar-refractivity contribution < 1.29 is 9.90 Å². The molecule has 2 fully saturated rings. The number of hydrogen-bond donors (Lipinski definition) is 2. The summed E-state index contributed by atoms with van der Waals surface area (Å²) < 4.78 is 2.40. The summed E-state index contributed by atoms with van der Waals surface area (Å²) in [5, 5.41) is 14.7. The molecule has 0 bridgehead atoms. The van der Waals surface area contributed by atoms with E-state index in [1.54, 1.807) is 0 Å². The number of piperidine rings is 1. The Morgan fingerprint density at radius 3 is 2.83 bits per heavy atom. The number of rotatable bonds is 3. The minimum atomic E-state index is -0.380. The Balaban J connectivity index is 1.45. The molecule has 1 saturated heterocycles. The van der Waals surface area contributed by atoms with Crippen LogP contribution in [0.25, 0.3) is 10.9 Å². The minimum Gasteiger partial charge on any atom is -0.391 e. The van der Waals surface area contributed by atoms with Crippen molar-refractivity contribution in [2.24, 2.45) is 5.92 Å². The van der Waals surface area contributed by atoms with Crippen molar-refractivity contribution in [2.45, 2.75) is 76.1 Å². The minimum absolute atomic E-state index is 0.0157. The van der Waals surface area contributed by atoms with Crippen LogP contribution < -0.4 is 5.32 Å². The van der Waals surface area contributed by atoms with Crippen LogP contribution in [0.3, 0.4) is 0 Å². The molecule has 5 rings (SSSR count). The van der Waals surface area contributed by atoms with Crippen molar-refractivity contribution in [3.05, 3.63) is 35.5 Å². The molecule has 2 aromatic rings. The highest BCUT2D eigenvalue weighted by molar-refractivity contribution is 5.89. The first kappa shape index (κ1) is 19.1. The first-order valence-corrected chi connectivity index (χ1v) is 11.2. The van der Waals surface area contributed by atoms with Crippen LogP contribution in [-0.4, -0.2) is 52.3 Å². The van der Waals surface area contributed by atoms with Gasteiger partial charge in [0.1, 0.15) is 0 Å². The maximum Gasteiger partial charge on any atom is 0.224 e. The van der Waals surface area contributed by atoms with E-state index in [2.05, 4.69) is 60.1 Å². The molecule has 3 aliphatic rings. The number of nitrogens with zero attached hydrogens (tertiary/aromatic N) is 2. The first-order valence-electron chi connectivity index (χ1n) is 11.2. The quantitative estimate of drug-likeness (QED) is 0.839. The van der Waals surface area contributed by atoms with Crippen LogP contribution in [0.2, 0.25) is 0 Å². The van der Waals surface area contributed by atoms with Crippen molar-refractivity contribution in [3.8, 4) is 0 Å². The number of hydrogen-bond acceptors (Lipinski definition) is 3. The summed E-state index contributed by atoms with van der Waals surface area (Å²) >= 11 is 0. The van der Waals surface area contributed by atoms with Gasteiger partial charge in [0.25, 0.3) is 0 Å². The Morgan fingerprint density at radius 2 is 2.10 bits per heavy atom. The smallest absolute Gasteiger partial charge is 0.224 e. The van der Waals surface area contributed by atoms with E-state index in [1.165, 1.54) is 22.0 Å². The number of carbonyl (C=O) groups excluding carboxylic acids is 1. The lowest BCUT2D eigenvalue weighted by atomic mass is 9.72. The van der Waals surface area contributed by atoms with Crippen molar-refractivity contribution >= 4 is 16.8 Å². The van der Waals surface area contributed by atoms with Gasteiger partial charge in [0, 0.05) is 41.6 Å². The highest BCUT2D eigenvalue weighted by atomic mass is 16.3. The van der Waals surface area contributed by atoms with E-state index in [9.17, 15) is 9.90 Å². The van der Waals surface area contributed by atoms with Crippen molar-refractivity contribution in [3.63, 3.8) is 0 Å². The standard InChI is InChI=1S/C24H33N3O2/c1-14(2)27-13-15-11-21-18(17-6-4-8-20(27)23(15)17)10-16(12-26(21)3)24(29)25-19-7-5-9-22(19)28/h4,6,8,13-14,16,18-19,21-22,28H,5,7,9-12H2,1-3H3,(H,25,29). The number of nitrogens with one attached hydrogen (secondary N) is 1. The second-order valence-corrected chi connectivity index (χ2v) is 9.76. The highest BCUT2D eigenvalue weighted by Crippen LogP contribution is 2.45. The number of aliphatic hydroxyl groups is 1. The monoisotopic (exact) mass is 395 g/mol. The predicted octanol–water partition coefficient (Wildman–Crippen LogP) is 3.21. The maximum absolute atomic E-state index is 13.0. The summed E-state index contributed by atoms with van der Waals surface area (Å²) in [7, 11) is 2.17. The predicted molar refractivity (Wildman–Crippen MR) is 115 cm³/mol. The molecular weight excluding hydrogens is 362 g/mol. The lowest BCUT2D eigenvalue weighted by Gasteiger charge is -2.45. The number of benzene rings is 1. The van der Waals surface area contributed by atoms with Gasteiger partial charge in [-0.05, 0) is 70.2 Å². The van der Waals surface area contributed by atoms with Crippen LogP contribution in [0.5, 0.6) is 0 Å². The maximum atomic E-state index is 13.0. The zero-order valence-electron chi connectivity index (χ0n) is 17.8. The number of aliphatic hydroxyl groups excluding tert-OH is 1. The molecule has 1 aromatic heterocycles. The Morgan fingerprint density at radius 1 is 1.28 bits per heavy atom. The van der Waals surface area contributed by atoms with Gasteiger partial charge in [-0.25, -0.2) is 0 Å². The van der Waals surface area contributed by atoms with E-state index < -0.39 is 0 Å². The molecule has 29 heavy (non-hydrogen) atoms. The fourth-order valence-electron chi connectivity index (χ4n) is 6.10. The van der Waals surface area contributed by atoms with E-state index in [-0.39, 0.29) is 24.0 Å². The lowest BCUT2D eigenvalue weighted by molar-refractivity contribution is -0.128. The zero-order chi connectivity index (χ0) is 20.3. The number of carbonyl (C=O) groups is 1. The van der Waals surface area contributed by atoms with Crippen LogP contribution in [0, 0.1) is 5.92 Å². The summed E-state index contributed by atoms with van der Waals surface area (Å²) in [5.74, 6) is 0.495. The van der Waals surface area contributed by atoms with Gasteiger partial charge in [0.2, 0.25) is 5.91 Å². The molecule has 1 amide bonds. The molecule has 0 radical (unpaired) electrons. The van der Waals surface area contributed by atoms with Gasteiger partial charge in [0.15, 0.2) is 0 Å². The third kappa shape index (κ3) is 3.10. The van der Waals surface area contributed by atoms with E-state index in [4.69, 9.17) is 0 Å². The van der Waals surface area contributed by atoms with E-state index in [1.807, 2.05) is 0 Å². The lowest BCUT2D eigenvalue weighted by Crippen LogP contribution is -2.53. The van der Waals surface area contributed by atoms with Gasteiger partial charge >= 0.3 is 0 Å². The van der Waals surface area contributed by atoms with Crippen LogP contribution in [-0.2, 0) is 11.2 Å². The molecule has 2 heterocycles. The molecule has 2 N–H and O–H groups in total. The number of likely N-dealkylation sites (N-methyl/N-ethyl adjacent to an activating group) is 1. The molecule has 1 saturated carbocycles. The number of amides is 1. The SMILES string of the molecule is CC(C)n1cc2c3c(cccc31)C1CC(C(=O)NC3CCCC3O)CN(C)C1C2. The highest BCUT2D eigenvalue weighted by Gasteiger charge is 2.42. The Labute approximate surface area is 173 Å². The van der Waals surface area contributed by atoms with Crippen molar-refractivity contribution in [2.75, 3.05) is 13.6 Å². The summed E-state index contributed by atoms with van der Waals surface area (Å²) in [6.45, 7) is 5.28.